The van der Waals surface area contributed by atoms with Gasteiger partial charge in [-0.2, -0.15) is 17.0 Å². The van der Waals surface area contributed by atoms with Crippen molar-refractivity contribution in [2.24, 2.45) is 0 Å². The number of rotatable bonds is 5. The molecule has 0 aromatic heterocycles. The van der Waals surface area contributed by atoms with Crippen LogP contribution >= 0.6 is 11.8 Å². The van der Waals surface area contributed by atoms with Gasteiger partial charge in [0, 0.05) is 11.8 Å². The molecule has 0 aliphatic rings. The van der Waals surface area contributed by atoms with Gasteiger partial charge in [0.15, 0.2) is 0 Å². The van der Waals surface area contributed by atoms with E-state index in [-0.39, 0.29) is 22.3 Å². The van der Waals surface area contributed by atoms with E-state index >= 15 is 0 Å². The zero-order valence-electron chi connectivity index (χ0n) is 9.97. The van der Waals surface area contributed by atoms with Crippen LogP contribution in [-0.4, -0.2) is 26.5 Å². The summed E-state index contributed by atoms with van der Waals surface area (Å²) in [6, 6.07) is 4.76. The Balaban J connectivity index is 2.96. The Labute approximate surface area is 110 Å². The fourth-order valence-electron chi connectivity index (χ4n) is 1.15. The molecule has 0 aliphatic carbocycles. The molecule has 0 fully saturated rings. The van der Waals surface area contributed by atoms with Crippen LogP contribution in [0.25, 0.3) is 0 Å². The predicted octanol–water partition coefficient (Wildman–Crippen LogP) is 1.73. The van der Waals surface area contributed by atoms with Crippen molar-refractivity contribution in [2.75, 3.05) is 12.8 Å². The van der Waals surface area contributed by atoms with Crippen LogP contribution in [0.3, 0.4) is 0 Å². The Morgan fingerprint density at radius 1 is 1.56 bits per heavy atom. The fourth-order valence-corrected chi connectivity index (χ4v) is 2.66. The van der Waals surface area contributed by atoms with Gasteiger partial charge in [0.05, 0.1) is 10.5 Å². The van der Waals surface area contributed by atoms with Crippen LogP contribution in [0.5, 0.6) is 0 Å². The molecule has 0 amide bonds. The van der Waals surface area contributed by atoms with Crippen molar-refractivity contribution in [1.29, 1.82) is 5.26 Å². The van der Waals surface area contributed by atoms with Crippen LogP contribution in [-0.2, 0) is 10.0 Å². The minimum atomic E-state index is -3.70. The van der Waals surface area contributed by atoms with Crippen molar-refractivity contribution < 1.29 is 12.8 Å². The molecule has 0 spiro atoms. The monoisotopic (exact) mass is 288 g/mol. The topological polar surface area (TPSA) is 70.0 Å². The Bertz CT molecular complexity index is 567. The van der Waals surface area contributed by atoms with E-state index in [2.05, 4.69) is 4.72 Å². The minimum absolute atomic E-state index is 0.103. The van der Waals surface area contributed by atoms with Crippen molar-refractivity contribution in [3.63, 3.8) is 0 Å². The third-order valence-electron chi connectivity index (χ3n) is 2.33. The first-order valence-electron chi connectivity index (χ1n) is 5.13. The highest BCUT2D eigenvalue weighted by Crippen LogP contribution is 2.14. The van der Waals surface area contributed by atoms with Crippen LogP contribution in [0.15, 0.2) is 23.1 Å². The van der Waals surface area contributed by atoms with Gasteiger partial charge in [0.2, 0.25) is 10.0 Å². The number of nitrogens with zero attached hydrogens (tertiary/aromatic N) is 1. The van der Waals surface area contributed by atoms with Crippen LogP contribution < -0.4 is 4.72 Å². The summed E-state index contributed by atoms with van der Waals surface area (Å²) >= 11 is 1.53. The number of hydrogen-bond acceptors (Lipinski definition) is 4. The van der Waals surface area contributed by atoms with Gasteiger partial charge in [-0.15, -0.1) is 0 Å². The van der Waals surface area contributed by atoms with Gasteiger partial charge in [-0.3, -0.25) is 0 Å². The SMILES string of the molecule is CSC(C)CNS(=O)(=O)c1ccc(F)c(C#N)c1. The number of nitrogens with one attached hydrogen (secondary N) is 1. The molecule has 18 heavy (non-hydrogen) atoms. The van der Waals surface area contributed by atoms with E-state index in [4.69, 9.17) is 5.26 Å². The zero-order chi connectivity index (χ0) is 13.8. The lowest BCUT2D eigenvalue weighted by atomic mass is 10.2. The summed E-state index contributed by atoms with van der Waals surface area (Å²) in [5.41, 5.74) is -0.282. The molecule has 1 unspecified atom stereocenters. The molecule has 4 nitrogen and oxygen atoms in total. The van der Waals surface area contributed by atoms with Crippen molar-refractivity contribution in [1.82, 2.24) is 4.72 Å². The Hall–Kier alpha value is -1.10. The fraction of sp³-hybridized carbons (Fsp3) is 0.364. The van der Waals surface area contributed by atoms with E-state index in [0.717, 1.165) is 18.2 Å². The van der Waals surface area contributed by atoms with Gasteiger partial charge in [-0.1, -0.05) is 6.92 Å². The van der Waals surface area contributed by atoms with E-state index in [0.29, 0.717) is 0 Å². The summed E-state index contributed by atoms with van der Waals surface area (Å²) in [6.45, 7) is 2.17. The van der Waals surface area contributed by atoms with E-state index in [1.165, 1.54) is 11.8 Å². The molecule has 98 valence electrons. The molecular formula is C11H13FN2O2S2. The maximum absolute atomic E-state index is 13.1. The van der Waals surface area contributed by atoms with Crippen molar-refractivity contribution >= 4 is 21.8 Å². The quantitative estimate of drug-likeness (QED) is 0.895. The van der Waals surface area contributed by atoms with Gasteiger partial charge in [0.1, 0.15) is 11.9 Å². The highest BCUT2D eigenvalue weighted by molar-refractivity contribution is 7.99. The van der Waals surface area contributed by atoms with E-state index in [9.17, 15) is 12.8 Å². The lowest BCUT2D eigenvalue weighted by molar-refractivity contribution is 0.580. The van der Waals surface area contributed by atoms with Gasteiger partial charge in [-0.25, -0.2) is 17.5 Å². The van der Waals surface area contributed by atoms with Crippen LogP contribution in [0.4, 0.5) is 4.39 Å². The third-order valence-corrected chi connectivity index (χ3v) is 4.72. The van der Waals surface area contributed by atoms with Crippen molar-refractivity contribution in [3.05, 3.63) is 29.6 Å². The van der Waals surface area contributed by atoms with E-state index in [1.54, 1.807) is 6.07 Å². The number of hydrogen-bond donors (Lipinski definition) is 1. The smallest absolute Gasteiger partial charge is 0.210 e. The molecule has 0 aliphatic heterocycles. The summed E-state index contributed by atoms with van der Waals surface area (Å²) in [6.07, 6.45) is 1.88. The summed E-state index contributed by atoms with van der Waals surface area (Å²) in [4.78, 5) is -0.103. The second kappa shape index (κ2) is 6.18. The molecule has 1 aromatic carbocycles. The Kier molecular flexibility index (Phi) is 5.14. The average Bonchev–Trinajstić information content (AvgIpc) is 2.36. The minimum Gasteiger partial charge on any atom is -0.210 e. The molecule has 0 radical (unpaired) electrons. The first-order valence-corrected chi connectivity index (χ1v) is 7.90. The molecule has 0 bridgehead atoms. The third kappa shape index (κ3) is 3.70. The second-order valence-corrected chi connectivity index (χ2v) is 6.69. The van der Waals surface area contributed by atoms with E-state index in [1.807, 2.05) is 13.2 Å². The molecule has 1 rings (SSSR count). The Morgan fingerprint density at radius 3 is 2.78 bits per heavy atom. The molecule has 0 saturated carbocycles. The molecule has 7 heteroatoms. The summed E-state index contributed by atoms with van der Waals surface area (Å²) in [7, 11) is -3.70. The van der Waals surface area contributed by atoms with Gasteiger partial charge < -0.3 is 0 Å². The molecule has 1 N–H and O–H groups in total. The summed E-state index contributed by atoms with van der Waals surface area (Å²) in [5, 5.41) is 8.79. The molecule has 0 saturated heterocycles. The highest BCUT2D eigenvalue weighted by atomic mass is 32.2. The van der Waals surface area contributed by atoms with Crippen molar-refractivity contribution in [2.45, 2.75) is 17.1 Å². The maximum Gasteiger partial charge on any atom is 0.240 e. The zero-order valence-corrected chi connectivity index (χ0v) is 11.6. The van der Waals surface area contributed by atoms with E-state index < -0.39 is 15.8 Å². The first-order chi connectivity index (χ1) is 8.40. The number of nitriles is 1. The Morgan fingerprint density at radius 2 is 2.22 bits per heavy atom. The maximum atomic E-state index is 13.1. The lowest BCUT2D eigenvalue weighted by Gasteiger charge is -2.10. The predicted molar refractivity (Wildman–Crippen MR) is 69.3 cm³/mol. The molecule has 1 aromatic rings. The van der Waals surface area contributed by atoms with Crippen LogP contribution in [0.1, 0.15) is 12.5 Å². The van der Waals surface area contributed by atoms with Gasteiger partial charge in [-0.05, 0) is 24.5 Å². The summed E-state index contributed by atoms with van der Waals surface area (Å²) < 4.78 is 39.3. The molecule has 1 atom stereocenters. The normalized spacial score (nSPS) is 13.0. The highest BCUT2D eigenvalue weighted by Gasteiger charge is 2.16. The summed E-state index contributed by atoms with van der Waals surface area (Å²) in [5.74, 6) is -0.728. The van der Waals surface area contributed by atoms with Crippen LogP contribution in [0.2, 0.25) is 0 Å². The lowest BCUT2D eigenvalue weighted by Crippen LogP contribution is -2.29. The van der Waals surface area contributed by atoms with Gasteiger partial charge >= 0.3 is 0 Å². The number of halogens is 1. The number of thioether (sulfide) groups is 1. The van der Waals surface area contributed by atoms with Crippen LogP contribution in [0, 0.1) is 17.1 Å². The molecular weight excluding hydrogens is 275 g/mol. The largest absolute Gasteiger partial charge is 0.240 e. The molecule has 0 heterocycles. The second-order valence-electron chi connectivity index (χ2n) is 3.65. The van der Waals surface area contributed by atoms with Crippen molar-refractivity contribution in [3.8, 4) is 6.07 Å². The standard InChI is InChI=1S/C11H13FN2O2S2/c1-8(17-2)7-14-18(15,16)10-3-4-11(12)9(5-10)6-13/h3-5,8,14H,7H2,1-2H3. The number of sulfonamides is 1. The average molecular weight is 288 g/mol. The number of benzene rings is 1. The first kappa shape index (κ1) is 15.0. The van der Waals surface area contributed by atoms with Gasteiger partial charge in [0.25, 0.3) is 0 Å².